The highest BCUT2D eigenvalue weighted by molar-refractivity contribution is 7.86. The van der Waals surface area contributed by atoms with E-state index in [-0.39, 0.29) is 27.7 Å². The number of hydrogen-bond donors (Lipinski definition) is 2. The van der Waals surface area contributed by atoms with Gasteiger partial charge < -0.3 is 5.11 Å². The average Bonchev–Trinajstić information content (AvgIpc) is 2.48. The summed E-state index contributed by atoms with van der Waals surface area (Å²) in [6, 6.07) is 6.34. The van der Waals surface area contributed by atoms with Gasteiger partial charge in [0.25, 0.3) is 10.1 Å². The number of hydrogen-bond acceptors (Lipinski definition) is 6. The second-order valence-electron chi connectivity index (χ2n) is 4.61. The molecule has 23 heavy (non-hydrogen) atoms. The van der Waals surface area contributed by atoms with Gasteiger partial charge in [0.05, 0.1) is 11.3 Å². The van der Waals surface area contributed by atoms with Crippen LogP contribution in [0.2, 0.25) is 5.02 Å². The second kappa shape index (κ2) is 6.45. The van der Waals surface area contributed by atoms with Crippen molar-refractivity contribution >= 4 is 39.4 Å². The first kappa shape index (κ1) is 17.1. The molecule has 2 aromatic carbocycles. The average molecular weight is 355 g/mol. The molecule has 0 aliphatic rings. The minimum absolute atomic E-state index is 0.0124. The predicted molar refractivity (Wildman–Crippen MR) is 83.7 cm³/mol. The molecule has 2 rings (SSSR count). The molecular weight excluding hydrogens is 344 g/mol. The molecule has 0 aliphatic heterocycles. The summed E-state index contributed by atoms with van der Waals surface area (Å²) >= 11 is 5.93. The third kappa shape index (κ3) is 3.92. The topological polar surface area (TPSA) is 116 Å². The number of phenols is 1. The lowest BCUT2D eigenvalue weighted by molar-refractivity contribution is 0.112. The standard InChI is InChI=1S/C14H11ClN2O5S/c1-8-4-14(23(20,21)22)12(6-11(8)15)17-16-10-2-3-13(19)9(5-10)7-18/h2-7,19H,1H3,(H,20,21,22). The van der Waals surface area contributed by atoms with Gasteiger partial charge in [-0.25, -0.2) is 0 Å². The quantitative estimate of drug-likeness (QED) is 0.491. The molecule has 0 radical (unpaired) electrons. The predicted octanol–water partition coefficient (Wildman–Crippen LogP) is 3.83. The lowest BCUT2D eigenvalue weighted by atomic mass is 10.2. The normalized spacial score (nSPS) is 11.8. The molecule has 0 saturated carbocycles. The zero-order valence-corrected chi connectivity index (χ0v) is 13.3. The minimum atomic E-state index is -4.51. The Bertz CT molecular complexity index is 910. The molecule has 0 fully saturated rings. The Morgan fingerprint density at radius 2 is 1.87 bits per heavy atom. The maximum absolute atomic E-state index is 11.4. The molecular formula is C14H11ClN2O5S. The summed E-state index contributed by atoms with van der Waals surface area (Å²) in [5.74, 6) is -0.212. The highest BCUT2D eigenvalue weighted by atomic mass is 35.5. The molecule has 2 N–H and O–H groups in total. The number of phenolic OH excluding ortho intramolecular Hbond substituents is 1. The van der Waals surface area contributed by atoms with E-state index in [2.05, 4.69) is 10.2 Å². The fraction of sp³-hybridized carbons (Fsp3) is 0.0714. The van der Waals surface area contributed by atoms with E-state index >= 15 is 0 Å². The van der Waals surface area contributed by atoms with Crippen molar-refractivity contribution in [2.45, 2.75) is 11.8 Å². The van der Waals surface area contributed by atoms with Crippen molar-refractivity contribution in [1.29, 1.82) is 0 Å². The summed E-state index contributed by atoms with van der Waals surface area (Å²) in [4.78, 5) is 10.3. The van der Waals surface area contributed by atoms with Crippen molar-refractivity contribution in [2.75, 3.05) is 0 Å². The molecule has 9 heteroatoms. The summed E-state index contributed by atoms with van der Waals surface area (Å²) < 4.78 is 32.1. The zero-order valence-electron chi connectivity index (χ0n) is 11.8. The van der Waals surface area contributed by atoms with E-state index in [0.717, 1.165) is 0 Å². The number of benzene rings is 2. The van der Waals surface area contributed by atoms with E-state index in [0.29, 0.717) is 11.8 Å². The third-order valence-electron chi connectivity index (χ3n) is 2.93. The summed E-state index contributed by atoms with van der Waals surface area (Å²) in [5.41, 5.74) is 0.524. The Morgan fingerprint density at radius 1 is 1.17 bits per heavy atom. The molecule has 0 saturated heterocycles. The van der Waals surface area contributed by atoms with E-state index in [9.17, 15) is 22.9 Å². The van der Waals surface area contributed by atoms with Gasteiger partial charge in [0, 0.05) is 5.02 Å². The van der Waals surface area contributed by atoms with E-state index < -0.39 is 15.0 Å². The molecule has 0 unspecified atom stereocenters. The molecule has 0 spiro atoms. The Labute approximate surface area is 137 Å². The van der Waals surface area contributed by atoms with Gasteiger partial charge in [-0.2, -0.15) is 13.5 Å². The van der Waals surface area contributed by atoms with Crippen LogP contribution in [-0.2, 0) is 10.1 Å². The summed E-state index contributed by atoms with van der Waals surface area (Å²) in [5, 5.41) is 17.2. The van der Waals surface area contributed by atoms with Crippen molar-refractivity contribution in [3.05, 3.63) is 46.5 Å². The van der Waals surface area contributed by atoms with Gasteiger partial charge in [0.15, 0.2) is 6.29 Å². The number of carbonyl (C=O) groups excluding carboxylic acids is 1. The molecule has 0 bridgehead atoms. The van der Waals surface area contributed by atoms with Gasteiger partial charge in [-0.1, -0.05) is 11.6 Å². The Kier molecular flexibility index (Phi) is 4.79. The molecule has 120 valence electrons. The first-order valence-corrected chi connectivity index (χ1v) is 8.01. The molecule has 0 amide bonds. The monoisotopic (exact) mass is 354 g/mol. The van der Waals surface area contributed by atoms with Gasteiger partial charge in [-0.15, -0.1) is 5.11 Å². The molecule has 0 heterocycles. The van der Waals surface area contributed by atoms with Crippen LogP contribution in [0.15, 0.2) is 45.5 Å². The molecule has 0 atom stereocenters. The molecule has 7 nitrogen and oxygen atoms in total. The smallest absolute Gasteiger partial charge is 0.296 e. The van der Waals surface area contributed by atoms with Crippen molar-refractivity contribution in [3.8, 4) is 5.75 Å². The minimum Gasteiger partial charge on any atom is -0.507 e. The number of aldehydes is 1. The molecule has 0 aliphatic carbocycles. The van der Waals surface area contributed by atoms with Crippen LogP contribution >= 0.6 is 11.6 Å². The number of aromatic hydroxyl groups is 1. The van der Waals surface area contributed by atoms with Crippen LogP contribution in [0.1, 0.15) is 15.9 Å². The van der Waals surface area contributed by atoms with E-state index in [1.54, 1.807) is 6.92 Å². The van der Waals surface area contributed by atoms with Crippen LogP contribution in [0.4, 0.5) is 11.4 Å². The van der Waals surface area contributed by atoms with Gasteiger partial charge in [-0.3, -0.25) is 9.35 Å². The Hall–Kier alpha value is -2.29. The summed E-state index contributed by atoms with van der Waals surface area (Å²) in [7, 11) is -4.51. The van der Waals surface area contributed by atoms with Gasteiger partial charge in [0.2, 0.25) is 0 Å². The van der Waals surface area contributed by atoms with Gasteiger partial charge >= 0.3 is 0 Å². The van der Waals surface area contributed by atoms with Crippen LogP contribution < -0.4 is 0 Å². The van der Waals surface area contributed by atoms with E-state index in [1.807, 2.05) is 0 Å². The van der Waals surface area contributed by atoms with E-state index in [1.165, 1.54) is 30.3 Å². The highest BCUT2D eigenvalue weighted by Gasteiger charge is 2.17. The number of carbonyl (C=O) groups is 1. The summed E-state index contributed by atoms with van der Waals surface area (Å²) in [6.45, 7) is 1.58. The summed E-state index contributed by atoms with van der Waals surface area (Å²) in [6.07, 6.45) is 0.445. The van der Waals surface area contributed by atoms with Crippen LogP contribution in [-0.4, -0.2) is 24.4 Å². The van der Waals surface area contributed by atoms with Crippen molar-refractivity contribution in [3.63, 3.8) is 0 Å². The maximum Gasteiger partial charge on any atom is 0.296 e. The van der Waals surface area contributed by atoms with Crippen molar-refractivity contribution < 1.29 is 22.9 Å². The highest BCUT2D eigenvalue weighted by Crippen LogP contribution is 2.32. The number of aryl methyl sites for hydroxylation is 1. The first-order chi connectivity index (χ1) is 10.7. The number of nitrogens with zero attached hydrogens (tertiary/aromatic N) is 2. The van der Waals surface area contributed by atoms with Crippen molar-refractivity contribution in [1.82, 2.24) is 0 Å². The van der Waals surface area contributed by atoms with Crippen LogP contribution in [0, 0.1) is 6.92 Å². The van der Waals surface area contributed by atoms with Crippen LogP contribution in [0.3, 0.4) is 0 Å². The van der Waals surface area contributed by atoms with E-state index in [4.69, 9.17) is 11.6 Å². The molecule has 0 aromatic heterocycles. The first-order valence-electron chi connectivity index (χ1n) is 6.20. The van der Waals surface area contributed by atoms with Crippen LogP contribution in [0.25, 0.3) is 0 Å². The lowest BCUT2D eigenvalue weighted by Crippen LogP contribution is -1.99. The number of halogens is 1. The Balaban J connectivity index is 2.51. The molecule has 2 aromatic rings. The van der Waals surface area contributed by atoms with Gasteiger partial charge in [0.1, 0.15) is 16.3 Å². The van der Waals surface area contributed by atoms with Gasteiger partial charge in [-0.05, 0) is 42.8 Å². The van der Waals surface area contributed by atoms with Crippen molar-refractivity contribution in [2.24, 2.45) is 10.2 Å². The zero-order chi connectivity index (χ0) is 17.2. The second-order valence-corrected chi connectivity index (χ2v) is 6.40. The fourth-order valence-corrected chi connectivity index (χ4v) is 2.59. The number of rotatable bonds is 4. The van der Waals surface area contributed by atoms with Crippen LogP contribution in [0.5, 0.6) is 5.75 Å². The maximum atomic E-state index is 11.4. The number of azo groups is 1. The third-order valence-corrected chi connectivity index (χ3v) is 4.22. The lowest BCUT2D eigenvalue weighted by Gasteiger charge is -2.05. The fourth-order valence-electron chi connectivity index (χ4n) is 1.74. The Morgan fingerprint density at radius 3 is 2.48 bits per heavy atom. The largest absolute Gasteiger partial charge is 0.507 e. The SMILES string of the molecule is Cc1cc(S(=O)(=O)O)c(N=Nc2ccc(O)c(C=O)c2)cc1Cl.